The lowest BCUT2D eigenvalue weighted by molar-refractivity contribution is -0.0558. The third-order valence-corrected chi connectivity index (χ3v) is 6.01. The normalized spacial score (nSPS) is 18.0. The van der Waals surface area contributed by atoms with Crippen LogP contribution >= 0.6 is 11.6 Å². The van der Waals surface area contributed by atoms with E-state index in [4.69, 9.17) is 21.1 Å². The summed E-state index contributed by atoms with van der Waals surface area (Å²) in [5, 5.41) is 0.837. The fourth-order valence-electron chi connectivity index (χ4n) is 3.76. The van der Waals surface area contributed by atoms with Crippen LogP contribution in [0.5, 0.6) is 0 Å². The van der Waals surface area contributed by atoms with Crippen molar-refractivity contribution in [2.45, 2.75) is 45.9 Å². The SMILES string of the molecule is CCN(CCOC)C1CCN(C(OC)c2ccc(C)c(C)c2Cl)CC1. The van der Waals surface area contributed by atoms with E-state index in [1.807, 2.05) is 0 Å². The molecule has 1 aliphatic heterocycles. The lowest BCUT2D eigenvalue weighted by atomic mass is 10.00. The Morgan fingerprint density at radius 2 is 1.92 bits per heavy atom. The highest BCUT2D eigenvalue weighted by Gasteiger charge is 2.29. The first-order chi connectivity index (χ1) is 12.0. The number of likely N-dealkylation sites (N-methyl/N-ethyl adjacent to an activating group) is 1. The Hall–Kier alpha value is -0.650. The highest BCUT2D eigenvalue weighted by Crippen LogP contribution is 2.34. The summed E-state index contributed by atoms with van der Waals surface area (Å²) in [7, 11) is 3.55. The first kappa shape index (κ1) is 20.7. The van der Waals surface area contributed by atoms with Gasteiger partial charge in [0.1, 0.15) is 6.23 Å². The molecule has 0 N–H and O–H groups in total. The van der Waals surface area contributed by atoms with E-state index in [1.54, 1.807) is 14.2 Å². The van der Waals surface area contributed by atoms with Crippen molar-refractivity contribution in [1.82, 2.24) is 9.80 Å². The van der Waals surface area contributed by atoms with Crippen molar-refractivity contribution in [2.75, 3.05) is 47.0 Å². The van der Waals surface area contributed by atoms with Crippen molar-refractivity contribution < 1.29 is 9.47 Å². The summed E-state index contributed by atoms with van der Waals surface area (Å²) in [6.07, 6.45) is 2.24. The van der Waals surface area contributed by atoms with Crippen LogP contribution in [-0.2, 0) is 9.47 Å². The summed E-state index contributed by atoms with van der Waals surface area (Å²) in [5.41, 5.74) is 3.45. The van der Waals surface area contributed by atoms with E-state index >= 15 is 0 Å². The van der Waals surface area contributed by atoms with Gasteiger partial charge in [0.15, 0.2) is 0 Å². The fourth-order valence-corrected chi connectivity index (χ4v) is 4.06. The molecule has 1 heterocycles. The van der Waals surface area contributed by atoms with Gasteiger partial charge >= 0.3 is 0 Å². The van der Waals surface area contributed by atoms with Gasteiger partial charge in [-0.25, -0.2) is 0 Å². The predicted octanol–water partition coefficient (Wildman–Crippen LogP) is 4.03. The molecule has 1 fully saturated rings. The van der Waals surface area contributed by atoms with Crippen LogP contribution in [0.1, 0.15) is 42.7 Å². The summed E-state index contributed by atoms with van der Waals surface area (Å²) in [6.45, 7) is 11.3. The number of hydrogen-bond acceptors (Lipinski definition) is 4. The van der Waals surface area contributed by atoms with Gasteiger partial charge in [-0.05, 0) is 44.4 Å². The van der Waals surface area contributed by atoms with Crippen LogP contribution < -0.4 is 0 Å². The van der Waals surface area contributed by atoms with Gasteiger partial charge in [-0.3, -0.25) is 9.80 Å². The number of nitrogens with zero attached hydrogens (tertiary/aromatic N) is 2. The smallest absolute Gasteiger partial charge is 0.137 e. The van der Waals surface area contributed by atoms with Gasteiger partial charge in [0.2, 0.25) is 0 Å². The second-order valence-corrected chi connectivity index (χ2v) is 7.27. The van der Waals surface area contributed by atoms with Crippen LogP contribution in [0.4, 0.5) is 0 Å². The average Bonchev–Trinajstić information content (AvgIpc) is 2.64. The van der Waals surface area contributed by atoms with Gasteiger partial charge in [0.25, 0.3) is 0 Å². The van der Waals surface area contributed by atoms with Crippen LogP contribution in [0.15, 0.2) is 12.1 Å². The number of ether oxygens (including phenoxy) is 2. The minimum atomic E-state index is -0.0678. The predicted molar refractivity (Wildman–Crippen MR) is 104 cm³/mol. The number of likely N-dealkylation sites (tertiary alicyclic amines) is 1. The Balaban J connectivity index is 2.04. The summed E-state index contributed by atoms with van der Waals surface area (Å²) in [6, 6.07) is 4.88. The zero-order valence-electron chi connectivity index (χ0n) is 16.3. The van der Waals surface area contributed by atoms with Gasteiger partial charge in [0, 0.05) is 45.5 Å². The lowest BCUT2D eigenvalue weighted by Crippen LogP contribution is -2.47. The Morgan fingerprint density at radius 1 is 1.24 bits per heavy atom. The van der Waals surface area contributed by atoms with Gasteiger partial charge in [-0.15, -0.1) is 0 Å². The first-order valence-corrected chi connectivity index (χ1v) is 9.66. The minimum absolute atomic E-state index is 0.0678. The molecule has 1 unspecified atom stereocenters. The van der Waals surface area contributed by atoms with Gasteiger partial charge < -0.3 is 9.47 Å². The van der Waals surface area contributed by atoms with E-state index in [-0.39, 0.29) is 6.23 Å². The molecule has 4 nitrogen and oxygen atoms in total. The molecule has 0 amide bonds. The van der Waals surface area contributed by atoms with E-state index in [0.717, 1.165) is 61.8 Å². The third-order valence-electron chi connectivity index (χ3n) is 5.51. The molecule has 1 aliphatic rings. The first-order valence-electron chi connectivity index (χ1n) is 9.28. The van der Waals surface area contributed by atoms with Gasteiger partial charge in [-0.2, -0.15) is 0 Å². The van der Waals surface area contributed by atoms with E-state index in [2.05, 4.69) is 42.7 Å². The van der Waals surface area contributed by atoms with Crippen LogP contribution in [0.25, 0.3) is 0 Å². The molecule has 1 aromatic carbocycles. The average molecular weight is 369 g/mol. The Bertz CT molecular complexity index is 545. The third kappa shape index (κ3) is 4.95. The molecule has 0 bridgehead atoms. The topological polar surface area (TPSA) is 24.9 Å². The van der Waals surface area contributed by atoms with E-state index < -0.39 is 0 Å². The fraction of sp³-hybridized carbons (Fsp3) is 0.700. The molecular weight excluding hydrogens is 336 g/mol. The van der Waals surface area contributed by atoms with Crippen LogP contribution in [0.2, 0.25) is 5.02 Å². The molecule has 1 saturated heterocycles. The summed E-state index contributed by atoms with van der Waals surface area (Å²) in [5.74, 6) is 0. The standard InChI is InChI=1S/C20H33ClN2O2/c1-6-22(13-14-24-4)17-9-11-23(12-10-17)20(25-5)18-8-7-15(2)16(3)19(18)21/h7-8,17,20H,6,9-14H2,1-5H3. The number of aryl methyl sites for hydroxylation is 1. The molecule has 25 heavy (non-hydrogen) atoms. The molecule has 0 spiro atoms. The minimum Gasteiger partial charge on any atom is -0.383 e. The van der Waals surface area contributed by atoms with E-state index in [9.17, 15) is 0 Å². The van der Waals surface area contributed by atoms with Crippen molar-refractivity contribution in [1.29, 1.82) is 0 Å². The van der Waals surface area contributed by atoms with Crippen molar-refractivity contribution in [3.05, 3.63) is 33.8 Å². The maximum Gasteiger partial charge on any atom is 0.137 e. The molecule has 0 radical (unpaired) electrons. The lowest BCUT2D eigenvalue weighted by Gasteiger charge is -2.41. The molecule has 0 aromatic heterocycles. The van der Waals surface area contributed by atoms with Crippen molar-refractivity contribution in [3.63, 3.8) is 0 Å². The molecule has 5 heteroatoms. The molecule has 0 saturated carbocycles. The number of piperidine rings is 1. The molecule has 142 valence electrons. The summed E-state index contributed by atoms with van der Waals surface area (Å²) >= 11 is 6.62. The van der Waals surface area contributed by atoms with E-state index in [0.29, 0.717) is 6.04 Å². The highest BCUT2D eigenvalue weighted by molar-refractivity contribution is 6.32. The second-order valence-electron chi connectivity index (χ2n) is 6.89. The van der Waals surface area contributed by atoms with Crippen LogP contribution in [0, 0.1) is 13.8 Å². The Labute approximate surface area is 158 Å². The molecule has 1 atom stereocenters. The number of halogens is 1. The molecule has 1 aromatic rings. The monoisotopic (exact) mass is 368 g/mol. The zero-order chi connectivity index (χ0) is 18.4. The summed E-state index contributed by atoms with van der Waals surface area (Å²) < 4.78 is 11.1. The number of methoxy groups -OCH3 is 2. The van der Waals surface area contributed by atoms with Gasteiger partial charge in [-0.1, -0.05) is 30.7 Å². The maximum absolute atomic E-state index is 6.62. The van der Waals surface area contributed by atoms with Crippen molar-refractivity contribution >= 4 is 11.6 Å². The number of benzene rings is 1. The largest absolute Gasteiger partial charge is 0.383 e. The van der Waals surface area contributed by atoms with E-state index in [1.165, 1.54) is 5.56 Å². The number of hydrogen-bond donors (Lipinski definition) is 0. The molecule has 2 rings (SSSR count). The summed E-state index contributed by atoms with van der Waals surface area (Å²) in [4.78, 5) is 4.95. The molecule has 0 aliphatic carbocycles. The zero-order valence-corrected chi connectivity index (χ0v) is 17.1. The Kier molecular flexibility index (Phi) is 8.17. The number of rotatable bonds is 8. The highest BCUT2D eigenvalue weighted by atomic mass is 35.5. The van der Waals surface area contributed by atoms with Crippen molar-refractivity contribution in [3.8, 4) is 0 Å². The van der Waals surface area contributed by atoms with Crippen LogP contribution in [0.3, 0.4) is 0 Å². The quantitative estimate of drug-likeness (QED) is 0.691. The Morgan fingerprint density at radius 3 is 2.48 bits per heavy atom. The van der Waals surface area contributed by atoms with Crippen LogP contribution in [-0.4, -0.2) is 62.8 Å². The second kappa shape index (κ2) is 9.89. The van der Waals surface area contributed by atoms with Crippen molar-refractivity contribution in [2.24, 2.45) is 0 Å². The molecular formula is C20H33ClN2O2. The van der Waals surface area contributed by atoms with Gasteiger partial charge in [0.05, 0.1) is 11.6 Å². The maximum atomic E-state index is 6.62.